The quantitative estimate of drug-likeness (QED) is 0.901. The lowest BCUT2D eigenvalue weighted by Crippen LogP contribution is -2.46. The summed E-state index contributed by atoms with van der Waals surface area (Å²) in [6.45, 7) is 11.1. The first-order chi connectivity index (χ1) is 8.64. The van der Waals surface area contributed by atoms with Crippen LogP contribution in [0.4, 0.5) is 0 Å². The summed E-state index contributed by atoms with van der Waals surface area (Å²) in [6, 6.07) is 8.65. The lowest BCUT2D eigenvalue weighted by atomic mass is 9.85. The van der Waals surface area contributed by atoms with Crippen LogP contribution >= 0.6 is 11.6 Å². The molecule has 0 heterocycles. The fourth-order valence-electron chi connectivity index (χ4n) is 2.45. The maximum Gasteiger partial charge on any atom is 0.0496 e. The number of halogens is 1. The van der Waals surface area contributed by atoms with Gasteiger partial charge in [-0.15, -0.1) is 0 Å². The maximum atomic E-state index is 6.22. The largest absolute Gasteiger partial charge is 0.326 e. The predicted octanol–water partition coefficient (Wildman–Crippen LogP) is 4.09. The van der Waals surface area contributed by atoms with Gasteiger partial charge in [-0.1, -0.05) is 44.5 Å². The van der Waals surface area contributed by atoms with Gasteiger partial charge in [-0.3, -0.25) is 4.90 Å². The Labute approximate surface area is 122 Å². The number of nitrogens with two attached hydrogens (primary N) is 1. The number of benzene rings is 1. The Kier molecular flexibility index (Phi) is 5.43. The Bertz CT molecular complexity index is 409. The molecule has 0 aliphatic heterocycles. The molecule has 0 saturated carbocycles. The van der Waals surface area contributed by atoms with Crippen molar-refractivity contribution in [2.75, 3.05) is 7.05 Å². The molecule has 0 spiro atoms. The van der Waals surface area contributed by atoms with Crippen LogP contribution < -0.4 is 5.73 Å². The average Bonchev–Trinajstić information content (AvgIpc) is 2.26. The molecule has 0 aliphatic rings. The predicted molar refractivity (Wildman–Crippen MR) is 84.5 cm³/mol. The second-order valence-corrected chi connectivity index (χ2v) is 7.00. The molecule has 3 atom stereocenters. The van der Waals surface area contributed by atoms with Crippen LogP contribution in [0, 0.1) is 5.41 Å². The highest BCUT2D eigenvalue weighted by atomic mass is 35.5. The van der Waals surface area contributed by atoms with Crippen LogP contribution in [0.1, 0.15) is 46.2 Å². The zero-order chi connectivity index (χ0) is 14.8. The molecule has 0 bridgehead atoms. The Morgan fingerprint density at radius 1 is 1.21 bits per heavy atom. The summed E-state index contributed by atoms with van der Waals surface area (Å²) in [6.07, 6.45) is 0. The third kappa shape index (κ3) is 4.20. The Hall–Kier alpha value is -0.570. The molecule has 0 saturated heterocycles. The first kappa shape index (κ1) is 16.5. The minimum Gasteiger partial charge on any atom is -0.326 e. The molecular formula is C16H27ClN2. The van der Waals surface area contributed by atoms with E-state index in [4.69, 9.17) is 17.3 Å². The van der Waals surface area contributed by atoms with E-state index in [1.165, 1.54) is 5.56 Å². The third-order valence-corrected chi connectivity index (χ3v) is 4.23. The third-order valence-electron chi connectivity index (χ3n) is 3.99. The van der Waals surface area contributed by atoms with E-state index >= 15 is 0 Å². The molecule has 3 unspecified atom stereocenters. The zero-order valence-electron chi connectivity index (χ0n) is 12.9. The van der Waals surface area contributed by atoms with Gasteiger partial charge in [0, 0.05) is 23.1 Å². The second-order valence-electron chi connectivity index (χ2n) is 6.57. The number of hydrogen-bond acceptors (Lipinski definition) is 2. The van der Waals surface area contributed by atoms with Crippen LogP contribution in [0.15, 0.2) is 24.3 Å². The molecule has 0 aliphatic carbocycles. The normalized spacial score (nSPS) is 17.3. The highest BCUT2D eigenvalue weighted by molar-refractivity contribution is 6.30. The summed E-state index contributed by atoms with van der Waals surface area (Å²) in [5, 5.41) is 0.764. The molecule has 0 radical (unpaired) electrons. The van der Waals surface area contributed by atoms with Gasteiger partial charge in [0.05, 0.1) is 0 Å². The van der Waals surface area contributed by atoms with E-state index in [2.05, 4.69) is 52.6 Å². The molecule has 19 heavy (non-hydrogen) atoms. The van der Waals surface area contributed by atoms with Gasteiger partial charge in [-0.05, 0) is 44.0 Å². The molecule has 3 heteroatoms. The molecule has 0 amide bonds. The summed E-state index contributed by atoms with van der Waals surface area (Å²) < 4.78 is 0. The van der Waals surface area contributed by atoms with Crippen molar-refractivity contribution in [2.24, 2.45) is 11.1 Å². The van der Waals surface area contributed by atoms with E-state index in [0.717, 1.165) is 5.02 Å². The van der Waals surface area contributed by atoms with Gasteiger partial charge in [0.2, 0.25) is 0 Å². The van der Waals surface area contributed by atoms with Crippen LogP contribution in [0.5, 0.6) is 0 Å². The summed E-state index contributed by atoms with van der Waals surface area (Å²) in [5.41, 5.74) is 7.61. The average molecular weight is 283 g/mol. The minimum atomic E-state index is 0.0493. The number of nitrogens with zero attached hydrogens (tertiary/aromatic N) is 1. The van der Waals surface area contributed by atoms with Gasteiger partial charge < -0.3 is 5.73 Å². The highest BCUT2D eigenvalue weighted by Crippen LogP contribution is 2.32. The molecule has 2 N–H and O–H groups in total. The SMILES string of the molecule is CC(N)C(c1cccc(Cl)c1)N(C)C(C)C(C)(C)C. The lowest BCUT2D eigenvalue weighted by molar-refractivity contribution is 0.0867. The van der Waals surface area contributed by atoms with Gasteiger partial charge in [-0.25, -0.2) is 0 Å². The number of rotatable bonds is 4. The van der Waals surface area contributed by atoms with E-state index in [1.807, 2.05) is 18.2 Å². The molecule has 2 nitrogen and oxygen atoms in total. The van der Waals surface area contributed by atoms with Crippen molar-refractivity contribution in [3.63, 3.8) is 0 Å². The van der Waals surface area contributed by atoms with E-state index in [0.29, 0.717) is 6.04 Å². The molecule has 1 aromatic carbocycles. The van der Waals surface area contributed by atoms with Crippen LogP contribution in [0.2, 0.25) is 5.02 Å². The van der Waals surface area contributed by atoms with E-state index in [1.54, 1.807) is 0 Å². The van der Waals surface area contributed by atoms with Crippen LogP contribution in [0.3, 0.4) is 0 Å². The maximum absolute atomic E-state index is 6.22. The fraction of sp³-hybridized carbons (Fsp3) is 0.625. The molecule has 0 fully saturated rings. The highest BCUT2D eigenvalue weighted by Gasteiger charge is 2.31. The monoisotopic (exact) mass is 282 g/mol. The number of likely N-dealkylation sites (N-methyl/N-ethyl adjacent to an activating group) is 1. The Morgan fingerprint density at radius 2 is 1.79 bits per heavy atom. The smallest absolute Gasteiger partial charge is 0.0496 e. The van der Waals surface area contributed by atoms with Crippen LogP contribution in [-0.4, -0.2) is 24.0 Å². The van der Waals surface area contributed by atoms with Crippen molar-refractivity contribution in [2.45, 2.75) is 52.7 Å². The standard InChI is InChI=1S/C16H27ClN2/c1-11(18)15(13-8-7-9-14(17)10-13)19(6)12(2)16(3,4)5/h7-12,15H,18H2,1-6H3. The summed E-state index contributed by atoms with van der Waals surface area (Å²) in [7, 11) is 2.14. The van der Waals surface area contributed by atoms with Crippen molar-refractivity contribution in [3.8, 4) is 0 Å². The van der Waals surface area contributed by atoms with Crippen molar-refractivity contribution >= 4 is 11.6 Å². The van der Waals surface area contributed by atoms with E-state index in [-0.39, 0.29) is 17.5 Å². The van der Waals surface area contributed by atoms with Gasteiger partial charge in [-0.2, -0.15) is 0 Å². The first-order valence-corrected chi connectivity index (χ1v) is 7.25. The molecule has 0 aromatic heterocycles. The van der Waals surface area contributed by atoms with Crippen molar-refractivity contribution in [3.05, 3.63) is 34.9 Å². The van der Waals surface area contributed by atoms with Crippen molar-refractivity contribution in [1.29, 1.82) is 0 Å². The Balaban J connectivity index is 3.08. The molecular weight excluding hydrogens is 256 g/mol. The number of hydrogen-bond donors (Lipinski definition) is 1. The molecule has 1 rings (SSSR count). The summed E-state index contributed by atoms with van der Waals surface area (Å²) in [4.78, 5) is 2.36. The van der Waals surface area contributed by atoms with Crippen LogP contribution in [0.25, 0.3) is 0 Å². The van der Waals surface area contributed by atoms with E-state index in [9.17, 15) is 0 Å². The van der Waals surface area contributed by atoms with Gasteiger partial charge >= 0.3 is 0 Å². The van der Waals surface area contributed by atoms with Gasteiger partial charge in [0.25, 0.3) is 0 Å². The lowest BCUT2D eigenvalue weighted by Gasteiger charge is -2.42. The van der Waals surface area contributed by atoms with Gasteiger partial charge in [0.15, 0.2) is 0 Å². The van der Waals surface area contributed by atoms with Gasteiger partial charge in [0.1, 0.15) is 0 Å². The zero-order valence-corrected chi connectivity index (χ0v) is 13.7. The summed E-state index contributed by atoms with van der Waals surface area (Å²) >= 11 is 6.11. The molecule has 1 aromatic rings. The topological polar surface area (TPSA) is 29.3 Å². The summed E-state index contributed by atoms with van der Waals surface area (Å²) in [5.74, 6) is 0. The van der Waals surface area contributed by atoms with E-state index < -0.39 is 0 Å². The molecule has 108 valence electrons. The fourth-order valence-corrected chi connectivity index (χ4v) is 2.65. The first-order valence-electron chi connectivity index (χ1n) is 6.87. The van der Waals surface area contributed by atoms with Crippen molar-refractivity contribution in [1.82, 2.24) is 4.90 Å². The minimum absolute atomic E-state index is 0.0493. The van der Waals surface area contributed by atoms with Crippen LogP contribution in [-0.2, 0) is 0 Å². The second kappa shape index (κ2) is 6.25. The Morgan fingerprint density at radius 3 is 2.21 bits per heavy atom. The van der Waals surface area contributed by atoms with Crippen molar-refractivity contribution < 1.29 is 0 Å².